The second kappa shape index (κ2) is 11.1. The second-order valence-corrected chi connectivity index (χ2v) is 8.73. The number of aliphatic imine (C=N–C) groups is 1. The van der Waals surface area contributed by atoms with Gasteiger partial charge in [0.2, 0.25) is 0 Å². The van der Waals surface area contributed by atoms with Crippen molar-refractivity contribution >= 4 is 39.4 Å². The lowest BCUT2D eigenvalue weighted by Crippen LogP contribution is -2.52. The molecule has 4 rings (SSSR count). The van der Waals surface area contributed by atoms with Crippen LogP contribution in [0.4, 0.5) is 4.39 Å². The average molecular weight is 511 g/mol. The predicted molar refractivity (Wildman–Crippen MR) is 122 cm³/mol. The summed E-state index contributed by atoms with van der Waals surface area (Å²) in [5.41, 5.74) is 1.91. The van der Waals surface area contributed by atoms with Crippen LogP contribution in [0, 0.1) is 5.82 Å². The molecule has 1 aromatic heterocycles. The van der Waals surface area contributed by atoms with Gasteiger partial charge < -0.3 is 15.2 Å². The third-order valence-corrected chi connectivity index (χ3v) is 6.26. The lowest BCUT2D eigenvalue weighted by Gasteiger charge is -2.38. The van der Waals surface area contributed by atoms with Gasteiger partial charge >= 0.3 is 0 Å². The van der Waals surface area contributed by atoms with Crippen molar-refractivity contribution in [2.45, 2.75) is 19.1 Å². The SMILES string of the molecule is CCOC.O=CC1=C(CN2CC(O)C2)NC(c2nccs2)=N[C@H]1c1ccc(F)cc1Br. The van der Waals surface area contributed by atoms with Gasteiger partial charge in [-0.3, -0.25) is 14.7 Å². The maximum atomic E-state index is 13.5. The summed E-state index contributed by atoms with van der Waals surface area (Å²) in [4.78, 5) is 23.0. The van der Waals surface area contributed by atoms with Gasteiger partial charge in [-0.25, -0.2) is 9.37 Å². The zero-order valence-corrected chi connectivity index (χ0v) is 19.6. The Hall–Kier alpha value is -1.98. The molecule has 0 radical (unpaired) electrons. The van der Waals surface area contributed by atoms with Gasteiger partial charge in [-0.15, -0.1) is 11.3 Å². The Kier molecular flexibility index (Phi) is 8.44. The zero-order chi connectivity index (χ0) is 22.4. The number of aliphatic hydroxyl groups excluding tert-OH is 1. The molecule has 2 aromatic rings. The second-order valence-electron chi connectivity index (χ2n) is 6.99. The molecule has 1 fully saturated rings. The number of aldehydes is 1. The van der Waals surface area contributed by atoms with E-state index in [-0.39, 0.29) is 11.9 Å². The molecular formula is C21H24BrFN4O3S. The number of methoxy groups -OCH3 is 1. The van der Waals surface area contributed by atoms with Gasteiger partial charge in [0.05, 0.1) is 6.10 Å². The Labute approximate surface area is 192 Å². The Balaban J connectivity index is 0.000000628. The number of halogens is 2. The molecule has 31 heavy (non-hydrogen) atoms. The first kappa shape index (κ1) is 23.7. The largest absolute Gasteiger partial charge is 0.390 e. The average Bonchev–Trinajstić information content (AvgIpc) is 3.27. The van der Waals surface area contributed by atoms with E-state index in [4.69, 9.17) is 4.99 Å². The first-order valence-corrected chi connectivity index (χ1v) is 11.4. The molecule has 0 unspecified atom stereocenters. The fraction of sp³-hybridized carbons (Fsp3) is 0.381. The van der Waals surface area contributed by atoms with Crippen molar-refractivity contribution in [1.82, 2.24) is 15.2 Å². The van der Waals surface area contributed by atoms with E-state index < -0.39 is 6.04 Å². The number of carbonyl (C=O) groups excluding carboxylic acids is 1. The molecule has 10 heteroatoms. The number of nitrogens with zero attached hydrogens (tertiary/aromatic N) is 3. The van der Waals surface area contributed by atoms with Crippen molar-refractivity contribution in [3.63, 3.8) is 0 Å². The van der Waals surface area contributed by atoms with Crippen LogP contribution in [0.1, 0.15) is 23.5 Å². The normalized spacial score (nSPS) is 19.1. The molecule has 1 atom stereocenters. The zero-order valence-electron chi connectivity index (χ0n) is 17.2. The summed E-state index contributed by atoms with van der Waals surface area (Å²) < 4.78 is 18.6. The lowest BCUT2D eigenvalue weighted by atomic mass is 9.96. The Morgan fingerprint density at radius 1 is 1.45 bits per heavy atom. The van der Waals surface area contributed by atoms with Crippen LogP contribution in [0.25, 0.3) is 0 Å². The summed E-state index contributed by atoms with van der Waals surface area (Å²) in [7, 11) is 1.68. The van der Waals surface area contributed by atoms with E-state index in [1.54, 1.807) is 19.4 Å². The molecule has 1 saturated heterocycles. The highest BCUT2D eigenvalue weighted by atomic mass is 79.9. The minimum atomic E-state index is -0.571. The maximum Gasteiger partial charge on any atom is 0.163 e. The van der Waals surface area contributed by atoms with Crippen LogP contribution in [0.5, 0.6) is 0 Å². The third kappa shape index (κ3) is 5.83. The van der Waals surface area contributed by atoms with Crippen LogP contribution in [0.2, 0.25) is 0 Å². The Morgan fingerprint density at radius 3 is 2.74 bits per heavy atom. The minimum absolute atomic E-state index is 0.331. The summed E-state index contributed by atoms with van der Waals surface area (Å²) in [5.74, 6) is 0.211. The first-order valence-electron chi connectivity index (χ1n) is 9.74. The molecule has 1 aromatic carbocycles. The molecule has 2 N–H and O–H groups in total. The number of hydrogen-bond acceptors (Lipinski definition) is 8. The van der Waals surface area contributed by atoms with Gasteiger partial charge in [-0.05, 0) is 24.6 Å². The summed E-state index contributed by atoms with van der Waals surface area (Å²) in [6.07, 6.45) is 2.15. The van der Waals surface area contributed by atoms with E-state index in [0.717, 1.165) is 18.6 Å². The van der Waals surface area contributed by atoms with Crippen molar-refractivity contribution in [2.24, 2.45) is 4.99 Å². The van der Waals surface area contributed by atoms with Gasteiger partial charge in [0, 0.05) is 60.7 Å². The van der Waals surface area contributed by atoms with Crippen LogP contribution in [-0.2, 0) is 9.53 Å². The van der Waals surface area contributed by atoms with Crippen molar-refractivity contribution < 1.29 is 19.0 Å². The number of amidine groups is 1. The molecule has 0 aliphatic carbocycles. The fourth-order valence-electron chi connectivity index (χ4n) is 3.18. The number of likely N-dealkylation sites (tertiary alicyclic amines) is 1. The number of carbonyl (C=O) groups is 1. The molecule has 7 nitrogen and oxygen atoms in total. The van der Waals surface area contributed by atoms with Gasteiger partial charge in [0.15, 0.2) is 10.8 Å². The summed E-state index contributed by atoms with van der Waals surface area (Å²) in [6.45, 7) is 4.39. The quantitative estimate of drug-likeness (QED) is 0.581. The monoisotopic (exact) mass is 510 g/mol. The molecular weight excluding hydrogens is 487 g/mol. The number of nitrogens with one attached hydrogen (secondary N) is 1. The molecule has 0 saturated carbocycles. The Morgan fingerprint density at radius 2 is 2.19 bits per heavy atom. The maximum absolute atomic E-state index is 13.5. The summed E-state index contributed by atoms with van der Waals surface area (Å²) in [6, 6.07) is 3.78. The predicted octanol–water partition coefficient (Wildman–Crippen LogP) is 2.92. The van der Waals surface area contributed by atoms with Gasteiger partial charge in [-0.2, -0.15) is 0 Å². The van der Waals surface area contributed by atoms with Gasteiger partial charge in [0.1, 0.15) is 18.1 Å². The first-order chi connectivity index (χ1) is 15.0. The molecule has 0 bridgehead atoms. The highest BCUT2D eigenvalue weighted by Gasteiger charge is 2.32. The van der Waals surface area contributed by atoms with Gasteiger partial charge in [0.25, 0.3) is 0 Å². The Bertz CT molecular complexity index is 960. The molecule has 0 spiro atoms. The molecule has 2 aliphatic heterocycles. The molecule has 0 amide bonds. The van der Waals surface area contributed by atoms with Crippen molar-refractivity contribution in [3.05, 3.63) is 61.9 Å². The van der Waals surface area contributed by atoms with Crippen molar-refractivity contribution in [3.8, 4) is 0 Å². The summed E-state index contributed by atoms with van der Waals surface area (Å²) >= 11 is 4.83. The van der Waals surface area contributed by atoms with Crippen LogP contribution in [0.15, 0.2) is 50.5 Å². The third-order valence-electron chi connectivity index (χ3n) is 4.80. The highest BCUT2D eigenvalue weighted by molar-refractivity contribution is 9.10. The van der Waals surface area contributed by atoms with E-state index >= 15 is 0 Å². The number of rotatable bonds is 6. The standard InChI is InChI=1S/C18H16BrFN4O2S.C3H8O/c19-14-5-10(20)1-2-12(14)16-13(9-25)15(8-24-6-11(26)7-24)22-17(23-16)18-21-3-4-27-18;1-3-4-2/h1-5,9,11,16,26H,6-8H2,(H,22,23);3H2,1-2H3/t16-;/m0./s1. The van der Waals surface area contributed by atoms with Gasteiger partial charge in [-0.1, -0.05) is 22.0 Å². The van der Waals surface area contributed by atoms with E-state index in [2.05, 4.69) is 31.0 Å². The topological polar surface area (TPSA) is 87.0 Å². The van der Waals surface area contributed by atoms with E-state index in [1.165, 1.54) is 23.5 Å². The fourth-order valence-corrected chi connectivity index (χ4v) is 4.34. The minimum Gasteiger partial charge on any atom is -0.390 e. The van der Waals surface area contributed by atoms with Crippen LogP contribution < -0.4 is 5.32 Å². The number of β-amino-alcohol motifs (C(OH)–C–C–N with tert-alkyl or cyclic N) is 1. The van der Waals surface area contributed by atoms with Crippen molar-refractivity contribution in [2.75, 3.05) is 33.4 Å². The van der Waals surface area contributed by atoms with E-state index in [9.17, 15) is 14.3 Å². The highest BCUT2D eigenvalue weighted by Crippen LogP contribution is 2.35. The van der Waals surface area contributed by atoms with Crippen molar-refractivity contribution in [1.29, 1.82) is 0 Å². The summed E-state index contributed by atoms with van der Waals surface area (Å²) in [5, 5.41) is 15.3. The van der Waals surface area contributed by atoms with Crippen LogP contribution in [-0.4, -0.2) is 66.6 Å². The smallest absolute Gasteiger partial charge is 0.163 e. The van der Waals surface area contributed by atoms with E-state index in [1.807, 2.05) is 17.2 Å². The van der Waals surface area contributed by atoms with E-state index in [0.29, 0.717) is 46.1 Å². The van der Waals surface area contributed by atoms with Crippen LogP contribution >= 0.6 is 27.3 Å². The number of hydrogen-bond donors (Lipinski definition) is 2. The lowest BCUT2D eigenvalue weighted by molar-refractivity contribution is -0.105. The molecule has 3 heterocycles. The number of thiazole rings is 1. The number of ether oxygens (including phenoxy) is 1. The molecule has 166 valence electrons. The molecule has 2 aliphatic rings. The number of aliphatic hydroxyl groups is 1. The number of benzene rings is 1. The van der Waals surface area contributed by atoms with Crippen LogP contribution in [0.3, 0.4) is 0 Å². The number of aromatic nitrogens is 1.